The summed E-state index contributed by atoms with van der Waals surface area (Å²) in [7, 11) is 2.08. The molecule has 0 aliphatic rings. The van der Waals surface area contributed by atoms with E-state index in [1.165, 1.54) is 10.4 Å². The molecule has 0 aromatic carbocycles. The highest BCUT2D eigenvalue weighted by Crippen LogP contribution is 2.31. The van der Waals surface area contributed by atoms with Crippen LogP contribution in [0.2, 0.25) is 0 Å². The van der Waals surface area contributed by atoms with Gasteiger partial charge in [0.2, 0.25) is 0 Å². The van der Waals surface area contributed by atoms with Crippen LogP contribution in [-0.4, -0.2) is 12.0 Å². The summed E-state index contributed by atoms with van der Waals surface area (Å²) in [4.78, 5) is 8.23. The number of nitrogens with zero attached hydrogens (tertiary/aromatic N) is 2. The number of aromatic nitrogens is 1. The van der Waals surface area contributed by atoms with E-state index in [2.05, 4.69) is 54.4 Å². The van der Waals surface area contributed by atoms with Gasteiger partial charge in [-0.1, -0.05) is 6.07 Å². The van der Waals surface area contributed by atoms with Crippen LogP contribution < -0.4 is 4.90 Å². The Hall–Kier alpha value is -1.06. The van der Waals surface area contributed by atoms with E-state index in [1.807, 2.05) is 6.92 Å². The van der Waals surface area contributed by atoms with Crippen molar-refractivity contribution in [2.75, 3.05) is 11.9 Å². The summed E-state index contributed by atoms with van der Waals surface area (Å²) < 4.78 is 0. The molecule has 0 spiro atoms. The maximum Gasteiger partial charge on any atom is 0.133 e. The highest BCUT2D eigenvalue weighted by molar-refractivity contribution is 7.10. The van der Waals surface area contributed by atoms with Crippen LogP contribution in [0, 0.1) is 13.8 Å². The molecule has 1 atom stereocenters. The van der Waals surface area contributed by atoms with Gasteiger partial charge >= 0.3 is 0 Å². The Kier molecular flexibility index (Phi) is 4.48. The monoisotopic (exact) mass is 294 g/mol. The molecule has 2 rings (SSSR count). The molecule has 4 heteroatoms. The van der Waals surface area contributed by atoms with Crippen molar-refractivity contribution in [1.82, 2.24) is 4.98 Å². The van der Waals surface area contributed by atoms with Crippen LogP contribution in [-0.2, 0) is 5.88 Å². The average Bonchev–Trinajstić information content (AvgIpc) is 2.90. The SMILES string of the molecule is Cc1cc(C)c(CCl)c(N(C)C(C)c2cccs2)n1. The second kappa shape index (κ2) is 5.93. The third-order valence-corrected chi connectivity index (χ3v) is 4.77. The van der Waals surface area contributed by atoms with Crippen LogP contribution in [0.4, 0.5) is 5.82 Å². The molecule has 0 N–H and O–H groups in total. The molecule has 0 saturated heterocycles. The van der Waals surface area contributed by atoms with Gasteiger partial charge in [0.1, 0.15) is 5.82 Å². The van der Waals surface area contributed by atoms with Crippen LogP contribution >= 0.6 is 22.9 Å². The summed E-state index contributed by atoms with van der Waals surface area (Å²) in [6.07, 6.45) is 0. The van der Waals surface area contributed by atoms with E-state index in [9.17, 15) is 0 Å². The molecule has 0 saturated carbocycles. The average molecular weight is 295 g/mol. The molecular formula is C15H19ClN2S. The number of pyridine rings is 1. The first-order chi connectivity index (χ1) is 9.04. The molecule has 0 aliphatic carbocycles. The van der Waals surface area contributed by atoms with Crippen LogP contribution in [0.15, 0.2) is 23.6 Å². The van der Waals surface area contributed by atoms with E-state index in [0.29, 0.717) is 11.9 Å². The zero-order valence-corrected chi connectivity index (χ0v) is 13.3. The summed E-state index contributed by atoms with van der Waals surface area (Å²) in [5.41, 5.74) is 3.37. The number of hydrogen-bond acceptors (Lipinski definition) is 3. The van der Waals surface area contributed by atoms with Crippen molar-refractivity contribution < 1.29 is 0 Å². The zero-order valence-electron chi connectivity index (χ0n) is 11.8. The van der Waals surface area contributed by atoms with Crippen LogP contribution in [0.1, 0.15) is 34.7 Å². The second-order valence-corrected chi connectivity index (χ2v) is 6.07. The van der Waals surface area contributed by atoms with Crippen molar-refractivity contribution in [1.29, 1.82) is 0 Å². The Morgan fingerprint density at radius 2 is 2.16 bits per heavy atom. The fourth-order valence-electron chi connectivity index (χ4n) is 2.20. The smallest absolute Gasteiger partial charge is 0.133 e. The van der Waals surface area contributed by atoms with Crippen molar-refractivity contribution in [2.24, 2.45) is 0 Å². The van der Waals surface area contributed by atoms with Gasteiger partial charge in [-0.15, -0.1) is 22.9 Å². The molecule has 0 fully saturated rings. The normalized spacial score (nSPS) is 12.5. The molecule has 2 nitrogen and oxygen atoms in total. The molecule has 2 heterocycles. The number of aryl methyl sites for hydroxylation is 2. The molecule has 102 valence electrons. The highest BCUT2D eigenvalue weighted by Gasteiger charge is 2.18. The van der Waals surface area contributed by atoms with Gasteiger partial charge in [-0.3, -0.25) is 0 Å². The molecule has 0 aliphatic heterocycles. The summed E-state index contributed by atoms with van der Waals surface area (Å²) in [6.45, 7) is 6.32. The van der Waals surface area contributed by atoms with Gasteiger partial charge in [0.25, 0.3) is 0 Å². The van der Waals surface area contributed by atoms with Gasteiger partial charge in [-0.2, -0.15) is 0 Å². The van der Waals surface area contributed by atoms with Gasteiger partial charge in [0, 0.05) is 23.2 Å². The van der Waals surface area contributed by atoms with Gasteiger partial charge in [-0.25, -0.2) is 4.98 Å². The molecule has 2 aromatic heterocycles. The van der Waals surface area contributed by atoms with Crippen LogP contribution in [0.5, 0.6) is 0 Å². The van der Waals surface area contributed by atoms with Crippen molar-refractivity contribution in [2.45, 2.75) is 32.7 Å². The summed E-state index contributed by atoms with van der Waals surface area (Å²) in [5, 5.41) is 2.11. The Balaban J connectivity index is 2.40. The molecule has 0 amide bonds. The first kappa shape index (κ1) is 14.4. The number of hydrogen-bond donors (Lipinski definition) is 0. The molecule has 0 bridgehead atoms. The first-order valence-corrected chi connectivity index (χ1v) is 7.75. The largest absolute Gasteiger partial charge is 0.352 e. The lowest BCUT2D eigenvalue weighted by Gasteiger charge is -2.28. The summed E-state index contributed by atoms with van der Waals surface area (Å²) in [5.74, 6) is 1.49. The predicted octanol–water partition coefficient (Wildman–Crippen LogP) is 4.70. The summed E-state index contributed by atoms with van der Waals surface area (Å²) >= 11 is 7.87. The van der Waals surface area contributed by atoms with Gasteiger partial charge in [0.05, 0.1) is 11.9 Å². The minimum Gasteiger partial charge on any atom is -0.352 e. The second-order valence-electron chi connectivity index (χ2n) is 4.82. The quantitative estimate of drug-likeness (QED) is 0.760. The van der Waals surface area contributed by atoms with Crippen molar-refractivity contribution in [3.63, 3.8) is 0 Å². The fourth-order valence-corrected chi connectivity index (χ4v) is 3.36. The Bertz CT molecular complexity index is 552. The van der Waals surface area contributed by atoms with E-state index in [1.54, 1.807) is 11.3 Å². The Morgan fingerprint density at radius 3 is 2.74 bits per heavy atom. The number of anilines is 1. The van der Waals surface area contributed by atoms with E-state index in [0.717, 1.165) is 17.1 Å². The van der Waals surface area contributed by atoms with Crippen molar-refractivity contribution >= 4 is 28.8 Å². The third kappa shape index (κ3) is 2.93. The van der Waals surface area contributed by atoms with Gasteiger partial charge in [0.15, 0.2) is 0 Å². The predicted molar refractivity (Wildman–Crippen MR) is 84.4 cm³/mol. The van der Waals surface area contributed by atoms with Gasteiger partial charge < -0.3 is 4.90 Å². The van der Waals surface area contributed by atoms with Crippen LogP contribution in [0.3, 0.4) is 0 Å². The van der Waals surface area contributed by atoms with E-state index in [-0.39, 0.29) is 0 Å². The summed E-state index contributed by atoms with van der Waals surface area (Å²) in [6, 6.07) is 6.64. The Labute approximate surface area is 124 Å². The number of rotatable bonds is 4. The lowest BCUT2D eigenvalue weighted by atomic mass is 10.1. The molecule has 1 unspecified atom stereocenters. The molecule has 2 aromatic rings. The van der Waals surface area contributed by atoms with Crippen molar-refractivity contribution in [3.8, 4) is 0 Å². The lowest BCUT2D eigenvalue weighted by Crippen LogP contribution is -2.23. The maximum absolute atomic E-state index is 6.10. The molecule has 0 radical (unpaired) electrons. The van der Waals surface area contributed by atoms with E-state index in [4.69, 9.17) is 11.6 Å². The molecular weight excluding hydrogens is 276 g/mol. The minimum absolute atomic E-state index is 0.302. The van der Waals surface area contributed by atoms with E-state index >= 15 is 0 Å². The third-order valence-electron chi connectivity index (χ3n) is 3.46. The standard InChI is InChI=1S/C15H19ClN2S/c1-10-8-11(2)17-15(13(10)9-16)18(4)12(3)14-6-5-7-19-14/h5-8,12H,9H2,1-4H3. The lowest BCUT2D eigenvalue weighted by molar-refractivity contribution is 0.736. The molecule has 19 heavy (non-hydrogen) atoms. The zero-order chi connectivity index (χ0) is 14.0. The van der Waals surface area contributed by atoms with E-state index < -0.39 is 0 Å². The number of thiophene rings is 1. The Morgan fingerprint density at radius 1 is 1.42 bits per heavy atom. The van der Waals surface area contributed by atoms with Gasteiger partial charge in [-0.05, 0) is 43.8 Å². The minimum atomic E-state index is 0.302. The number of halogens is 1. The highest BCUT2D eigenvalue weighted by atomic mass is 35.5. The number of alkyl halides is 1. The van der Waals surface area contributed by atoms with Crippen molar-refractivity contribution in [3.05, 3.63) is 45.3 Å². The van der Waals surface area contributed by atoms with Crippen LogP contribution in [0.25, 0.3) is 0 Å². The maximum atomic E-state index is 6.10. The topological polar surface area (TPSA) is 16.1 Å². The fraction of sp³-hybridized carbons (Fsp3) is 0.400. The first-order valence-electron chi connectivity index (χ1n) is 6.34.